The zero-order valence-corrected chi connectivity index (χ0v) is 9.97. The van der Waals surface area contributed by atoms with Crippen molar-refractivity contribution in [2.24, 2.45) is 17.8 Å². The molecule has 13 heavy (non-hydrogen) atoms. The van der Waals surface area contributed by atoms with E-state index in [1.54, 1.807) is 0 Å². The Morgan fingerprint density at radius 1 is 0.923 bits per heavy atom. The molecule has 0 aromatic heterocycles. The minimum Gasteiger partial charge on any atom is -0.0628 e. The van der Waals surface area contributed by atoms with Crippen molar-refractivity contribution in [2.75, 3.05) is 0 Å². The Hall–Kier alpha value is 0. The molecule has 0 amide bonds. The van der Waals surface area contributed by atoms with Gasteiger partial charge in [0.2, 0.25) is 0 Å². The number of unbranched alkanes of at least 4 members (excludes halogenated alkanes) is 1. The van der Waals surface area contributed by atoms with Gasteiger partial charge in [-0.1, -0.05) is 60.3 Å². The van der Waals surface area contributed by atoms with Gasteiger partial charge in [-0.05, 0) is 24.2 Å². The summed E-state index contributed by atoms with van der Waals surface area (Å²) in [6, 6.07) is 0. The first-order valence-electron chi connectivity index (χ1n) is 5.85. The Labute approximate surface area is 85.1 Å². The molecule has 0 aliphatic rings. The van der Waals surface area contributed by atoms with Crippen molar-refractivity contribution in [3.63, 3.8) is 0 Å². The van der Waals surface area contributed by atoms with Crippen molar-refractivity contribution in [3.8, 4) is 0 Å². The van der Waals surface area contributed by atoms with Crippen LogP contribution in [0.3, 0.4) is 0 Å². The van der Waals surface area contributed by atoms with Gasteiger partial charge in [0.05, 0.1) is 0 Å². The van der Waals surface area contributed by atoms with E-state index < -0.39 is 0 Å². The van der Waals surface area contributed by atoms with E-state index in [1.165, 1.54) is 32.1 Å². The summed E-state index contributed by atoms with van der Waals surface area (Å²) < 4.78 is 0. The van der Waals surface area contributed by atoms with E-state index >= 15 is 0 Å². The molecular formula is C13H27. The maximum Gasteiger partial charge on any atom is -0.0440 e. The van der Waals surface area contributed by atoms with Crippen LogP contribution in [0.15, 0.2) is 0 Å². The van der Waals surface area contributed by atoms with Crippen molar-refractivity contribution < 1.29 is 0 Å². The van der Waals surface area contributed by atoms with Crippen LogP contribution in [0.1, 0.15) is 59.8 Å². The second-order valence-electron chi connectivity index (χ2n) is 5.12. The molecule has 0 heteroatoms. The van der Waals surface area contributed by atoms with Gasteiger partial charge in [0.15, 0.2) is 0 Å². The van der Waals surface area contributed by atoms with Gasteiger partial charge in [-0.3, -0.25) is 0 Å². The molecule has 0 fully saturated rings. The van der Waals surface area contributed by atoms with Gasteiger partial charge >= 0.3 is 0 Å². The maximum atomic E-state index is 4.00. The fraction of sp³-hybridized carbons (Fsp3) is 0.923. The van der Waals surface area contributed by atoms with Gasteiger partial charge in [-0.25, -0.2) is 0 Å². The Bertz CT molecular complexity index is 103. The minimum atomic E-state index is 0.639. The molecule has 1 radical (unpaired) electrons. The Morgan fingerprint density at radius 2 is 1.46 bits per heavy atom. The molecule has 0 bridgehead atoms. The molecular weight excluding hydrogens is 156 g/mol. The number of hydrogen-bond donors (Lipinski definition) is 0. The van der Waals surface area contributed by atoms with Crippen LogP contribution in [0, 0.1) is 24.7 Å². The van der Waals surface area contributed by atoms with Crippen LogP contribution < -0.4 is 0 Å². The summed E-state index contributed by atoms with van der Waals surface area (Å²) in [5.74, 6) is 2.42. The van der Waals surface area contributed by atoms with Crippen molar-refractivity contribution in [1.82, 2.24) is 0 Å². The van der Waals surface area contributed by atoms with Crippen LogP contribution in [0.5, 0.6) is 0 Å². The first kappa shape index (κ1) is 13.0. The molecule has 0 aliphatic heterocycles. The molecule has 2 atom stereocenters. The van der Waals surface area contributed by atoms with Crippen molar-refractivity contribution in [1.29, 1.82) is 0 Å². The highest BCUT2D eigenvalue weighted by molar-refractivity contribution is 4.59. The van der Waals surface area contributed by atoms with Gasteiger partial charge in [-0.15, -0.1) is 0 Å². The normalized spacial score (nSPS) is 14.1. The standard InChI is InChI=1S/C13H27/c1-11(2)8-6-7-9-13(5)10-12(3)4/h11-13H,1,6-10H2,2-5H3. The Balaban J connectivity index is 3.22. The van der Waals surface area contributed by atoms with Crippen LogP contribution >= 0.6 is 0 Å². The predicted molar refractivity (Wildman–Crippen MR) is 61.6 cm³/mol. The summed E-state index contributed by atoms with van der Waals surface area (Å²) in [5, 5.41) is 0. The lowest BCUT2D eigenvalue weighted by molar-refractivity contribution is 0.395. The quantitative estimate of drug-likeness (QED) is 0.502. The fourth-order valence-corrected chi connectivity index (χ4v) is 1.91. The summed E-state index contributed by atoms with van der Waals surface area (Å²) in [6.07, 6.45) is 6.86. The second-order valence-corrected chi connectivity index (χ2v) is 5.12. The third-order valence-electron chi connectivity index (χ3n) is 2.52. The SMILES string of the molecule is [CH2]C(C)CCCCC(C)CC(C)C. The summed E-state index contributed by atoms with van der Waals surface area (Å²) in [5.41, 5.74) is 0. The summed E-state index contributed by atoms with van der Waals surface area (Å²) in [7, 11) is 0. The first-order chi connectivity index (χ1) is 6.02. The largest absolute Gasteiger partial charge is 0.0628 e. The zero-order chi connectivity index (χ0) is 10.3. The molecule has 0 aliphatic carbocycles. The summed E-state index contributed by atoms with van der Waals surface area (Å²) in [6.45, 7) is 13.2. The highest BCUT2D eigenvalue weighted by Gasteiger charge is 2.04. The van der Waals surface area contributed by atoms with E-state index in [0.717, 1.165) is 11.8 Å². The number of hydrogen-bond acceptors (Lipinski definition) is 0. The smallest absolute Gasteiger partial charge is 0.0440 e. The molecule has 0 spiro atoms. The average Bonchev–Trinajstić information content (AvgIpc) is 1.96. The molecule has 0 heterocycles. The van der Waals surface area contributed by atoms with Gasteiger partial charge in [-0.2, -0.15) is 0 Å². The predicted octanol–water partition coefficient (Wildman–Crippen LogP) is 4.70. The second kappa shape index (κ2) is 7.41. The summed E-state index contributed by atoms with van der Waals surface area (Å²) in [4.78, 5) is 0. The van der Waals surface area contributed by atoms with E-state index in [2.05, 4.69) is 34.6 Å². The fourth-order valence-electron chi connectivity index (χ4n) is 1.91. The number of rotatable bonds is 7. The first-order valence-corrected chi connectivity index (χ1v) is 5.85. The molecule has 0 aromatic carbocycles. The Kier molecular flexibility index (Phi) is 7.41. The molecule has 79 valence electrons. The van der Waals surface area contributed by atoms with Crippen LogP contribution in [0.2, 0.25) is 0 Å². The van der Waals surface area contributed by atoms with Gasteiger partial charge in [0, 0.05) is 0 Å². The van der Waals surface area contributed by atoms with Gasteiger partial charge < -0.3 is 0 Å². The van der Waals surface area contributed by atoms with Crippen molar-refractivity contribution >= 4 is 0 Å². The summed E-state index contributed by atoms with van der Waals surface area (Å²) >= 11 is 0. The molecule has 0 saturated carbocycles. The van der Waals surface area contributed by atoms with Crippen LogP contribution in [-0.4, -0.2) is 0 Å². The highest BCUT2D eigenvalue weighted by Crippen LogP contribution is 2.18. The van der Waals surface area contributed by atoms with Crippen LogP contribution in [0.25, 0.3) is 0 Å². The molecule has 0 rings (SSSR count). The van der Waals surface area contributed by atoms with Crippen molar-refractivity contribution in [2.45, 2.75) is 59.8 Å². The lowest BCUT2D eigenvalue weighted by Crippen LogP contribution is -2.00. The maximum absolute atomic E-state index is 4.00. The van der Waals surface area contributed by atoms with E-state index in [4.69, 9.17) is 0 Å². The molecule has 0 nitrogen and oxygen atoms in total. The van der Waals surface area contributed by atoms with Gasteiger partial charge in [0.25, 0.3) is 0 Å². The highest BCUT2D eigenvalue weighted by atomic mass is 14.1. The van der Waals surface area contributed by atoms with Crippen molar-refractivity contribution in [3.05, 3.63) is 6.92 Å². The lowest BCUT2D eigenvalue weighted by atomic mass is 9.93. The molecule has 0 N–H and O–H groups in total. The van der Waals surface area contributed by atoms with Gasteiger partial charge in [0.1, 0.15) is 0 Å². The molecule has 0 saturated heterocycles. The Morgan fingerprint density at radius 3 is 1.92 bits per heavy atom. The zero-order valence-electron chi connectivity index (χ0n) is 9.97. The topological polar surface area (TPSA) is 0 Å². The minimum absolute atomic E-state index is 0.639. The van der Waals surface area contributed by atoms with E-state index in [1.807, 2.05) is 0 Å². The van der Waals surface area contributed by atoms with E-state index in [-0.39, 0.29) is 0 Å². The van der Waals surface area contributed by atoms with Crippen LogP contribution in [0.4, 0.5) is 0 Å². The third-order valence-corrected chi connectivity index (χ3v) is 2.52. The van der Waals surface area contributed by atoms with E-state index in [9.17, 15) is 0 Å². The van der Waals surface area contributed by atoms with E-state index in [0.29, 0.717) is 5.92 Å². The molecule has 2 unspecified atom stereocenters. The lowest BCUT2D eigenvalue weighted by Gasteiger charge is -2.13. The monoisotopic (exact) mass is 183 g/mol. The average molecular weight is 183 g/mol. The third kappa shape index (κ3) is 9.92. The van der Waals surface area contributed by atoms with Crippen LogP contribution in [-0.2, 0) is 0 Å². The molecule has 0 aromatic rings.